The second-order valence-electron chi connectivity index (χ2n) is 8.64. The van der Waals surface area contributed by atoms with Crippen molar-refractivity contribution in [2.45, 2.75) is 24.8 Å². The molecule has 0 aromatic heterocycles. The zero-order chi connectivity index (χ0) is 24.5. The van der Waals surface area contributed by atoms with E-state index >= 15 is 0 Å². The number of ether oxygens (including phenoxy) is 1. The first-order valence-corrected chi connectivity index (χ1v) is 11.4. The summed E-state index contributed by atoms with van der Waals surface area (Å²) in [4.78, 5) is 38.0. The molecule has 8 heteroatoms. The van der Waals surface area contributed by atoms with Crippen LogP contribution in [-0.2, 0) is 9.53 Å². The monoisotopic (exact) mass is 474 g/mol. The minimum atomic E-state index is -1.12. The van der Waals surface area contributed by atoms with Crippen molar-refractivity contribution >= 4 is 23.7 Å². The number of fused-ring (bicyclic) bond motifs is 3. The molecule has 2 N–H and O–H groups in total. The van der Waals surface area contributed by atoms with Gasteiger partial charge in [0.1, 0.15) is 18.5 Å². The summed E-state index contributed by atoms with van der Waals surface area (Å²) in [6, 6.07) is 18.6. The number of halogens is 1. The normalized spacial score (nSPS) is 16.5. The molecule has 5 rings (SSSR count). The molecule has 3 aromatic rings. The van der Waals surface area contributed by atoms with Crippen LogP contribution in [0.25, 0.3) is 11.1 Å². The van der Waals surface area contributed by atoms with Gasteiger partial charge in [0, 0.05) is 18.2 Å². The average Bonchev–Trinajstić information content (AvgIpc) is 3.47. The van der Waals surface area contributed by atoms with Crippen LogP contribution in [0, 0.1) is 5.82 Å². The number of carboxylic acids is 1. The van der Waals surface area contributed by atoms with Gasteiger partial charge in [0.25, 0.3) is 5.91 Å². The third-order valence-electron chi connectivity index (χ3n) is 6.59. The Morgan fingerprint density at radius 3 is 2.31 bits per heavy atom. The molecule has 1 heterocycles. The van der Waals surface area contributed by atoms with Crippen LogP contribution in [0.2, 0.25) is 0 Å². The second kappa shape index (κ2) is 9.21. The molecule has 1 fully saturated rings. The highest BCUT2D eigenvalue weighted by Gasteiger charge is 2.35. The largest absolute Gasteiger partial charge is 0.480 e. The lowest BCUT2D eigenvalue weighted by atomic mass is 9.98. The van der Waals surface area contributed by atoms with Crippen molar-refractivity contribution in [3.8, 4) is 11.1 Å². The summed E-state index contributed by atoms with van der Waals surface area (Å²) in [6.07, 6.45) is 0.115. The number of likely N-dealkylation sites (tertiary alicyclic amines) is 1. The van der Waals surface area contributed by atoms with E-state index in [9.17, 15) is 23.9 Å². The third-order valence-corrected chi connectivity index (χ3v) is 6.59. The zero-order valence-corrected chi connectivity index (χ0v) is 18.7. The van der Waals surface area contributed by atoms with E-state index in [0.717, 1.165) is 33.2 Å². The molecule has 1 atom stereocenters. The van der Waals surface area contributed by atoms with Crippen LogP contribution in [0.3, 0.4) is 0 Å². The van der Waals surface area contributed by atoms with Gasteiger partial charge in [0.2, 0.25) is 0 Å². The Morgan fingerprint density at radius 1 is 1.00 bits per heavy atom. The van der Waals surface area contributed by atoms with Crippen molar-refractivity contribution in [1.29, 1.82) is 0 Å². The van der Waals surface area contributed by atoms with Crippen LogP contribution in [0.15, 0.2) is 66.7 Å². The molecule has 178 valence electrons. The number of anilines is 1. The van der Waals surface area contributed by atoms with Crippen LogP contribution < -0.4 is 5.32 Å². The lowest BCUT2D eigenvalue weighted by molar-refractivity contribution is -0.141. The summed E-state index contributed by atoms with van der Waals surface area (Å²) in [5.41, 5.74) is 4.26. The molecule has 1 saturated heterocycles. The van der Waals surface area contributed by atoms with Crippen LogP contribution in [-0.4, -0.2) is 47.2 Å². The van der Waals surface area contributed by atoms with Gasteiger partial charge in [0.15, 0.2) is 0 Å². The Labute approximate surface area is 201 Å². The topological polar surface area (TPSA) is 95.9 Å². The highest BCUT2D eigenvalue weighted by molar-refractivity contribution is 5.98. The van der Waals surface area contributed by atoms with Gasteiger partial charge >= 0.3 is 12.1 Å². The van der Waals surface area contributed by atoms with Crippen molar-refractivity contribution in [3.63, 3.8) is 0 Å². The van der Waals surface area contributed by atoms with Crippen molar-refractivity contribution < 1.29 is 28.6 Å². The average molecular weight is 474 g/mol. The van der Waals surface area contributed by atoms with Gasteiger partial charge in [-0.25, -0.2) is 14.0 Å². The number of nitrogens with zero attached hydrogens (tertiary/aromatic N) is 1. The number of nitrogens with one attached hydrogen (secondary N) is 1. The van der Waals surface area contributed by atoms with Gasteiger partial charge in [-0.05, 0) is 53.3 Å². The Kier molecular flexibility index (Phi) is 5.94. The van der Waals surface area contributed by atoms with Crippen molar-refractivity contribution in [2.75, 3.05) is 18.5 Å². The molecule has 0 unspecified atom stereocenters. The van der Waals surface area contributed by atoms with Crippen LogP contribution in [0.5, 0.6) is 0 Å². The molecule has 35 heavy (non-hydrogen) atoms. The van der Waals surface area contributed by atoms with Gasteiger partial charge in [-0.3, -0.25) is 10.1 Å². The maximum absolute atomic E-state index is 14.4. The van der Waals surface area contributed by atoms with Gasteiger partial charge in [0.05, 0.1) is 5.56 Å². The molecule has 0 radical (unpaired) electrons. The number of hydrogen-bond donors (Lipinski definition) is 2. The first kappa shape index (κ1) is 22.6. The van der Waals surface area contributed by atoms with E-state index in [1.165, 1.54) is 12.1 Å². The van der Waals surface area contributed by atoms with Gasteiger partial charge in [-0.1, -0.05) is 48.5 Å². The van der Waals surface area contributed by atoms with Crippen LogP contribution in [0.4, 0.5) is 14.9 Å². The molecule has 7 nitrogen and oxygen atoms in total. The molecule has 0 spiro atoms. The predicted octanol–water partition coefficient (Wildman–Crippen LogP) is 4.88. The maximum Gasteiger partial charge on any atom is 0.411 e. The third kappa shape index (κ3) is 4.23. The zero-order valence-electron chi connectivity index (χ0n) is 18.7. The minimum Gasteiger partial charge on any atom is -0.480 e. The Balaban J connectivity index is 1.28. The number of carbonyl (C=O) groups is 3. The van der Waals surface area contributed by atoms with Crippen LogP contribution >= 0.6 is 0 Å². The number of carbonyl (C=O) groups excluding carboxylic acids is 2. The molecular formula is C27H23FN2O5. The minimum absolute atomic E-state index is 0.110. The lowest BCUT2D eigenvalue weighted by Gasteiger charge is -2.22. The fourth-order valence-electron chi connectivity index (χ4n) is 4.94. The SMILES string of the molecule is O=C(Nc1ccc(F)c(C(=O)N2CCC[C@H]2C(=O)O)c1)OCC1c2ccccc2-c2ccccc21. The van der Waals surface area contributed by atoms with Gasteiger partial charge in [-0.2, -0.15) is 0 Å². The molecule has 2 aliphatic rings. The lowest BCUT2D eigenvalue weighted by Crippen LogP contribution is -2.40. The predicted molar refractivity (Wildman–Crippen MR) is 127 cm³/mol. The molecule has 0 saturated carbocycles. The number of rotatable bonds is 5. The highest BCUT2D eigenvalue weighted by atomic mass is 19.1. The number of hydrogen-bond acceptors (Lipinski definition) is 4. The summed E-state index contributed by atoms with van der Waals surface area (Å²) in [6.45, 7) is 0.347. The summed E-state index contributed by atoms with van der Waals surface area (Å²) < 4.78 is 19.9. The van der Waals surface area contributed by atoms with Gasteiger partial charge in [-0.15, -0.1) is 0 Å². The fraction of sp³-hybridized carbons (Fsp3) is 0.222. The molecule has 1 aliphatic carbocycles. The second-order valence-corrected chi connectivity index (χ2v) is 8.64. The number of amides is 2. The van der Waals surface area contributed by atoms with E-state index in [-0.39, 0.29) is 30.3 Å². The summed E-state index contributed by atoms with van der Waals surface area (Å²) in [5.74, 6) is -2.74. The van der Waals surface area contributed by atoms with E-state index in [1.54, 1.807) is 0 Å². The number of carboxylic acid groups (broad SMARTS) is 1. The maximum atomic E-state index is 14.4. The summed E-state index contributed by atoms with van der Waals surface area (Å²) in [5, 5.41) is 11.9. The van der Waals surface area contributed by atoms with Crippen molar-refractivity contribution in [3.05, 3.63) is 89.2 Å². The smallest absolute Gasteiger partial charge is 0.411 e. The highest BCUT2D eigenvalue weighted by Crippen LogP contribution is 2.44. The molecule has 2 amide bonds. The van der Waals surface area contributed by atoms with Crippen LogP contribution in [0.1, 0.15) is 40.2 Å². The Morgan fingerprint density at radius 2 is 1.66 bits per heavy atom. The quantitative estimate of drug-likeness (QED) is 0.550. The van der Waals surface area contributed by atoms with E-state index in [2.05, 4.69) is 5.32 Å². The van der Waals surface area contributed by atoms with E-state index < -0.39 is 29.8 Å². The fourth-order valence-corrected chi connectivity index (χ4v) is 4.94. The van der Waals surface area contributed by atoms with E-state index in [0.29, 0.717) is 12.8 Å². The molecule has 1 aliphatic heterocycles. The molecule has 3 aromatic carbocycles. The first-order chi connectivity index (χ1) is 16.9. The standard InChI is InChI=1S/C27H23FN2O5/c28-23-12-11-16(14-21(23)25(31)30-13-5-10-24(30)26(32)33)29-27(34)35-15-22-19-8-3-1-6-17(19)18-7-2-4-9-20(18)22/h1-4,6-9,11-12,14,22,24H,5,10,13,15H2,(H,29,34)(H,32,33)/t24-/m0/s1. The first-order valence-electron chi connectivity index (χ1n) is 11.4. The van der Waals surface area contributed by atoms with E-state index in [4.69, 9.17) is 4.74 Å². The Hall–Kier alpha value is -4.20. The van der Waals surface area contributed by atoms with E-state index in [1.807, 2.05) is 48.5 Å². The number of benzene rings is 3. The molecular weight excluding hydrogens is 451 g/mol. The summed E-state index contributed by atoms with van der Waals surface area (Å²) in [7, 11) is 0. The number of aliphatic carboxylic acids is 1. The summed E-state index contributed by atoms with van der Waals surface area (Å²) >= 11 is 0. The molecule has 0 bridgehead atoms. The van der Waals surface area contributed by atoms with Crippen molar-refractivity contribution in [1.82, 2.24) is 4.90 Å². The van der Waals surface area contributed by atoms with Gasteiger partial charge < -0.3 is 14.7 Å². The van der Waals surface area contributed by atoms with Crippen molar-refractivity contribution in [2.24, 2.45) is 0 Å². The Bertz CT molecular complexity index is 1280.